The molecular formula is C17H24FNO3. The van der Waals surface area contributed by atoms with Gasteiger partial charge in [-0.05, 0) is 35.6 Å². The SMILES string of the molecule is COc1ccc(/C=C/C(=O)NC(CO)CC(C)(C)C)cc1F. The molecule has 1 atom stereocenters. The number of aliphatic hydroxyl groups excluding tert-OH is 1. The Labute approximate surface area is 131 Å². The van der Waals surface area contributed by atoms with Crippen molar-refractivity contribution in [3.8, 4) is 5.75 Å². The van der Waals surface area contributed by atoms with Gasteiger partial charge in [-0.2, -0.15) is 0 Å². The molecule has 0 radical (unpaired) electrons. The molecule has 0 saturated heterocycles. The Morgan fingerprint density at radius 3 is 2.64 bits per heavy atom. The molecule has 1 rings (SSSR count). The summed E-state index contributed by atoms with van der Waals surface area (Å²) in [6.07, 6.45) is 3.51. The average Bonchev–Trinajstić information content (AvgIpc) is 2.43. The number of hydrogen-bond donors (Lipinski definition) is 2. The van der Waals surface area contributed by atoms with Crippen LogP contribution in [0.1, 0.15) is 32.8 Å². The number of amides is 1. The third-order valence-corrected chi connectivity index (χ3v) is 3.03. The number of nitrogens with one attached hydrogen (secondary N) is 1. The summed E-state index contributed by atoms with van der Waals surface area (Å²) in [5.74, 6) is -0.641. The number of carbonyl (C=O) groups is 1. The van der Waals surface area contributed by atoms with Crippen LogP contribution in [0.2, 0.25) is 0 Å². The van der Waals surface area contributed by atoms with Gasteiger partial charge in [0.2, 0.25) is 5.91 Å². The predicted octanol–water partition coefficient (Wildman–Crippen LogP) is 2.76. The van der Waals surface area contributed by atoms with Gasteiger partial charge in [-0.1, -0.05) is 26.8 Å². The number of aliphatic hydroxyl groups is 1. The lowest BCUT2D eigenvalue weighted by Gasteiger charge is -2.24. The van der Waals surface area contributed by atoms with Gasteiger partial charge >= 0.3 is 0 Å². The highest BCUT2D eigenvalue weighted by atomic mass is 19.1. The van der Waals surface area contributed by atoms with Gasteiger partial charge in [0.25, 0.3) is 0 Å². The predicted molar refractivity (Wildman–Crippen MR) is 85.1 cm³/mol. The highest BCUT2D eigenvalue weighted by Gasteiger charge is 2.18. The molecule has 1 unspecified atom stereocenters. The van der Waals surface area contributed by atoms with Crippen LogP contribution in [0.5, 0.6) is 5.75 Å². The van der Waals surface area contributed by atoms with E-state index < -0.39 is 5.82 Å². The van der Waals surface area contributed by atoms with Gasteiger partial charge in [0.05, 0.1) is 19.8 Å². The minimum atomic E-state index is -0.481. The fourth-order valence-electron chi connectivity index (χ4n) is 2.11. The lowest BCUT2D eigenvalue weighted by molar-refractivity contribution is -0.117. The van der Waals surface area contributed by atoms with Crippen LogP contribution >= 0.6 is 0 Å². The summed E-state index contributed by atoms with van der Waals surface area (Å²) in [6.45, 7) is 6.00. The molecule has 122 valence electrons. The highest BCUT2D eigenvalue weighted by molar-refractivity contribution is 5.91. The molecule has 0 spiro atoms. The van der Waals surface area contributed by atoms with Crippen LogP contribution < -0.4 is 10.1 Å². The van der Waals surface area contributed by atoms with E-state index in [2.05, 4.69) is 5.32 Å². The summed E-state index contributed by atoms with van der Waals surface area (Å²) in [4.78, 5) is 11.9. The van der Waals surface area contributed by atoms with Crippen LogP contribution in [0.4, 0.5) is 4.39 Å². The topological polar surface area (TPSA) is 58.6 Å². The first kappa shape index (κ1) is 18.2. The van der Waals surface area contributed by atoms with Crippen molar-refractivity contribution in [2.45, 2.75) is 33.2 Å². The minimum Gasteiger partial charge on any atom is -0.494 e. The summed E-state index contributed by atoms with van der Waals surface area (Å²) in [5.41, 5.74) is 0.563. The van der Waals surface area contributed by atoms with Crippen LogP contribution in [0.15, 0.2) is 24.3 Å². The molecular weight excluding hydrogens is 285 g/mol. The molecule has 0 saturated carbocycles. The van der Waals surface area contributed by atoms with Gasteiger partial charge in [0.1, 0.15) is 0 Å². The zero-order chi connectivity index (χ0) is 16.8. The molecule has 1 aromatic rings. The average molecular weight is 309 g/mol. The monoisotopic (exact) mass is 309 g/mol. The summed E-state index contributed by atoms with van der Waals surface area (Å²) in [6, 6.07) is 4.15. The largest absolute Gasteiger partial charge is 0.494 e. The van der Waals surface area contributed by atoms with Crippen molar-refractivity contribution in [2.75, 3.05) is 13.7 Å². The molecule has 2 N–H and O–H groups in total. The van der Waals surface area contributed by atoms with Crippen molar-refractivity contribution in [3.63, 3.8) is 0 Å². The molecule has 22 heavy (non-hydrogen) atoms. The molecule has 0 heterocycles. The molecule has 4 nitrogen and oxygen atoms in total. The summed E-state index contributed by atoms with van der Waals surface area (Å²) in [5, 5.41) is 12.1. The Morgan fingerprint density at radius 2 is 2.14 bits per heavy atom. The van der Waals surface area contributed by atoms with Crippen LogP contribution in [0.3, 0.4) is 0 Å². The van der Waals surface area contributed by atoms with E-state index in [1.54, 1.807) is 6.07 Å². The first-order valence-corrected chi connectivity index (χ1v) is 7.18. The van der Waals surface area contributed by atoms with Crippen molar-refractivity contribution in [3.05, 3.63) is 35.7 Å². The zero-order valence-electron chi connectivity index (χ0n) is 13.5. The smallest absolute Gasteiger partial charge is 0.244 e. The van der Waals surface area contributed by atoms with Gasteiger partial charge in [0.15, 0.2) is 11.6 Å². The second-order valence-electron chi connectivity index (χ2n) is 6.38. The molecule has 0 aliphatic heterocycles. The molecule has 5 heteroatoms. The fourth-order valence-corrected chi connectivity index (χ4v) is 2.11. The standard InChI is InChI=1S/C17H24FNO3/c1-17(2,3)10-13(11-20)19-16(21)8-6-12-5-7-15(22-4)14(18)9-12/h5-9,13,20H,10-11H2,1-4H3,(H,19,21)/b8-6+. The molecule has 0 bridgehead atoms. The Morgan fingerprint density at radius 1 is 1.45 bits per heavy atom. The van der Waals surface area contributed by atoms with Crippen molar-refractivity contribution >= 4 is 12.0 Å². The third-order valence-electron chi connectivity index (χ3n) is 3.03. The van der Waals surface area contributed by atoms with Gasteiger partial charge < -0.3 is 15.2 Å². The van der Waals surface area contributed by atoms with E-state index in [1.807, 2.05) is 20.8 Å². The summed E-state index contributed by atoms with van der Waals surface area (Å²) < 4.78 is 18.4. The zero-order valence-corrected chi connectivity index (χ0v) is 13.5. The van der Waals surface area contributed by atoms with E-state index in [0.29, 0.717) is 12.0 Å². The molecule has 0 fully saturated rings. The molecule has 0 aliphatic rings. The summed E-state index contributed by atoms with van der Waals surface area (Å²) >= 11 is 0. The minimum absolute atomic E-state index is 0.00348. The number of methoxy groups -OCH3 is 1. The Bertz CT molecular complexity index is 535. The van der Waals surface area contributed by atoms with E-state index in [-0.39, 0.29) is 29.7 Å². The van der Waals surface area contributed by atoms with Crippen LogP contribution in [0, 0.1) is 11.2 Å². The second kappa shape index (κ2) is 7.94. The highest BCUT2D eigenvalue weighted by Crippen LogP contribution is 2.21. The summed E-state index contributed by atoms with van der Waals surface area (Å²) in [7, 11) is 1.39. The maximum atomic E-state index is 13.5. The lowest BCUT2D eigenvalue weighted by Crippen LogP contribution is -2.39. The van der Waals surface area contributed by atoms with E-state index >= 15 is 0 Å². The number of hydrogen-bond acceptors (Lipinski definition) is 3. The fraction of sp³-hybridized carbons (Fsp3) is 0.471. The number of benzene rings is 1. The van der Waals surface area contributed by atoms with Gasteiger partial charge in [-0.25, -0.2) is 4.39 Å². The van der Waals surface area contributed by atoms with Crippen molar-refractivity contribution in [2.24, 2.45) is 5.41 Å². The number of halogens is 1. The van der Waals surface area contributed by atoms with Crippen molar-refractivity contribution < 1.29 is 19.0 Å². The first-order valence-electron chi connectivity index (χ1n) is 7.18. The Hall–Kier alpha value is -1.88. The van der Waals surface area contributed by atoms with E-state index in [4.69, 9.17) is 4.74 Å². The molecule has 0 aromatic heterocycles. The molecule has 1 aromatic carbocycles. The quantitative estimate of drug-likeness (QED) is 0.794. The first-order chi connectivity index (χ1) is 10.2. The van der Waals surface area contributed by atoms with E-state index in [1.165, 1.54) is 31.4 Å². The number of carbonyl (C=O) groups excluding carboxylic acids is 1. The lowest BCUT2D eigenvalue weighted by atomic mass is 9.88. The Balaban J connectivity index is 2.65. The third kappa shape index (κ3) is 6.26. The number of ether oxygens (including phenoxy) is 1. The van der Waals surface area contributed by atoms with Gasteiger partial charge in [-0.3, -0.25) is 4.79 Å². The van der Waals surface area contributed by atoms with Crippen LogP contribution in [-0.4, -0.2) is 30.8 Å². The number of rotatable bonds is 6. The van der Waals surface area contributed by atoms with Crippen molar-refractivity contribution in [1.29, 1.82) is 0 Å². The van der Waals surface area contributed by atoms with Crippen LogP contribution in [0.25, 0.3) is 6.08 Å². The normalized spacial score (nSPS) is 13.2. The molecule has 1 amide bonds. The van der Waals surface area contributed by atoms with Crippen LogP contribution in [-0.2, 0) is 4.79 Å². The maximum Gasteiger partial charge on any atom is 0.244 e. The maximum absolute atomic E-state index is 13.5. The van der Waals surface area contributed by atoms with Gasteiger partial charge in [-0.15, -0.1) is 0 Å². The molecule has 0 aliphatic carbocycles. The Kier molecular flexibility index (Phi) is 6.56. The van der Waals surface area contributed by atoms with Crippen molar-refractivity contribution in [1.82, 2.24) is 5.32 Å². The van der Waals surface area contributed by atoms with Gasteiger partial charge in [0, 0.05) is 6.08 Å². The van der Waals surface area contributed by atoms with E-state index in [9.17, 15) is 14.3 Å². The second-order valence-corrected chi connectivity index (χ2v) is 6.38. The van der Waals surface area contributed by atoms with E-state index in [0.717, 1.165) is 0 Å².